The van der Waals surface area contributed by atoms with Crippen molar-refractivity contribution in [1.82, 2.24) is 0 Å². The summed E-state index contributed by atoms with van der Waals surface area (Å²) in [4.78, 5) is 0. The molecule has 0 aromatic rings. The Morgan fingerprint density at radius 1 is 1.40 bits per heavy atom. The molecular weight excluding hydrogens is 190 g/mol. The van der Waals surface area contributed by atoms with E-state index in [1.807, 2.05) is 0 Å². The van der Waals surface area contributed by atoms with Gasteiger partial charge in [-0.15, -0.1) is 0 Å². The fourth-order valence-corrected chi connectivity index (χ4v) is 1.90. The Morgan fingerprint density at radius 3 is 2.40 bits per heavy atom. The number of hydrogen-bond donors (Lipinski definition) is 2. The van der Waals surface area contributed by atoms with Crippen molar-refractivity contribution in [3.8, 4) is 0 Å². The number of rotatable bonds is 4. The summed E-state index contributed by atoms with van der Waals surface area (Å²) in [5.41, 5.74) is 5.04. The molecular formula is C12H25NO2. The van der Waals surface area contributed by atoms with Crippen molar-refractivity contribution < 1.29 is 9.84 Å². The second kappa shape index (κ2) is 4.81. The van der Waals surface area contributed by atoms with Crippen LogP contribution in [0, 0.1) is 5.41 Å². The summed E-state index contributed by atoms with van der Waals surface area (Å²) in [6.45, 7) is 6.94. The maximum atomic E-state index is 9.71. The molecule has 0 aliphatic heterocycles. The lowest BCUT2D eigenvalue weighted by molar-refractivity contribution is -0.0747. The van der Waals surface area contributed by atoms with Gasteiger partial charge in [-0.2, -0.15) is 0 Å². The Kier molecular flexibility index (Phi) is 4.15. The van der Waals surface area contributed by atoms with Gasteiger partial charge in [0.15, 0.2) is 0 Å². The second-order valence-electron chi connectivity index (χ2n) is 5.88. The predicted molar refractivity (Wildman–Crippen MR) is 61.7 cm³/mol. The van der Waals surface area contributed by atoms with Crippen molar-refractivity contribution in [2.24, 2.45) is 11.1 Å². The van der Waals surface area contributed by atoms with E-state index in [1.54, 1.807) is 6.92 Å². The number of hydrogen-bond acceptors (Lipinski definition) is 3. The van der Waals surface area contributed by atoms with Crippen molar-refractivity contribution in [1.29, 1.82) is 0 Å². The van der Waals surface area contributed by atoms with E-state index in [2.05, 4.69) is 13.8 Å². The van der Waals surface area contributed by atoms with Crippen molar-refractivity contribution in [3.05, 3.63) is 0 Å². The van der Waals surface area contributed by atoms with Crippen LogP contribution in [0.3, 0.4) is 0 Å². The number of nitrogens with two attached hydrogens (primary N) is 1. The first-order valence-electron chi connectivity index (χ1n) is 5.89. The van der Waals surface area contributed by atoms with Gasteiger partial charge in [0.25, 0.3) is 0 Å². The Labute approximate surface area is 93.0 Å². The minimum absolute atomic E-state index is 0.255. The summed E-state index contributed by atoms with van der Waals surface area (Å²) in [5, 5.41) is 9.71. The maximum Gasteiger partial charge on any atom is 0.0973 e. The largest absolute Gasteiger partial charge is 0.386 e. The van der Waals surface area contributed by atoms with Gasteiger partial charge in [0.1, 0.15) is 0 Å². The van der Waals surface area contributed by atoms with Crippen LogP contribution in [0.25, 0.3) is 0 Å². The highest BCUT2D eigenvalue weighted by Crippen LogP contribution is 2.36. The smallest absolute Gasteiger partial charge is 0.0973 e. The summed E-state index contributed by atoms with van der Waals surface area (Å²) in [5.74, 6) is 0. The average Bonchev–Trinajstić information content (AvgIpc) is 2.16. The van der Waals surface area contributed by atoms with Gasteiger partial charge in [0, 0.05) is 6.54 Å². The first kappa shape index (κ1) is 12.9. The molecule has 0 bridgehead atoms. The summed E-state index contributed by atoms with van der Waals surface area (Å²) < 4.78 is 5.70. The third-order valence-electron chi connectivity index (χ3n) is 3.36. The van der Waals surface area contributed by atoms with Crippen LogP contribution < -0.4 is 5.73 Å². The van der Waals surface area contributed by atoms with E-state index in [0.717, 1.165) is 12.8 Å². The zero-order valence-corrected chi connectivity index (χ0v) is 10.3. The first-order chi connectivity index (χ1) is 6.85. The van der Waals surface area contributed by atoms with Crippen LogP contribution in [0.5, 0.6) is 0 Å². The quantitative estimate of drug-likeness (QED) is 0.750. The second-order valence-corrected chi connectivity index (χ2v) is 5.88. The Morgan fingerprint density at radius 2 is 1.93 bits per heavy atom. The van der Waals surface area contributed by atoms with Crippen LogP contribution >= 0.6 is 0 Å². The molecule has 0 aromatic carbocycles. The van der Waals surface area contributed by atoms with Crippen LogP contribution in [0.1, 0.15) is 46.5 Å². The molecule has 1 aliphatic rings. The van der Waals surface area contributed by atoms with Gasteiger partial charge in [0.05, 0.1) is 18.3 Å². The molecule has 3 nitrogen and oxygen atoms in total. The lowest BCUT2D eigenvalue weighted by Gasteiger charge is -2.35. The standard InChI is InChI=1S/C12H25NO2/c1-11(2)6-4-10(5-7-11)15-9-12(3,14)8-13/h10,14H,4-9,13H2,1-3H3. The molecule has 0 heterocycles. The van der Waals surface area contributed by atoms with Crippen LogP contribution in [0.2, 0.25) is 0 Å². The van der Waals surface area contributed by atoms with E-state index in [4.69, 9.17) is 10.5 Å². The van der Waals surface area contributed by atoms with Crippen LogP contribution in [0.4, 0.5) is 0 Å². The SMILES string of the molecule is CC1(C)CCC(OCC(C)(O)CN)CC1. The van der Waals surface area contributed by atoms with Crippen molar-refractivity contribution in [2.75, 3.05) is 13.2 Å². The molecule has 1 atom stereocenters. The van der Waals surface area contributed by atoms with E-state index in [1.165, 1.54) is 12.8 Å². The predicted octanol–water partition coefficient (Wildman–Crippen LogP) is 1.68. The van der Waals surface area contributed by atoms with Gasteiger partial charge < -0.3 is 15.6 Å². The van der Waals surface area contributed by atoms with Gasteiger partial charge in [-0.25, -0.2) is 0 Å². The molecule has 0 amide bonds. The number of aliphatic hydroxyl groups is 1. The third-order valence-corrected chi connectivity index (χ3v) is 3.36. The van der Waals surface area contributed by atoms with E-state index < -0.39 is 5.60 Å². The summed E-state index contributed by atoms with van der Waals surface area (Å²) in [6, 6.07) is 0. The fraction of sp³-hybridized carbons (Fsp3) is 1.00. The normalized spacial score (nSPS) is 26.2. The van der Waals surface area contributed by atoms with E-state index in [9.17, 15) is 5.11 Å². The van der Waals surface area contributed by atoms with Crippen molar-refractivity contribution >= 4 is 0 Å². The monoisotopic (exact) mass is 215 g/mol. The van der Waals surface area contributed by atoms with E-state index >= 15 is 0 Å². The van der Waals surface area contributed by atoms with Crippen LogP contribution in [-0.4, -0.2) is 30.0 Å². The highest BCUT2D eigenvalue weighted by Gasteiger charge is 2.28. The Hall–Kier alpha value is -0.120. The van der Waals surface area contributed by atoms with Crippen molar-refractivity contribution in [3.63, 3.8) is 0 Å². The van der Waals surface area contributed by atoms with Crippen LogP contribution in [-0.2, 0) is 4.74 Å². The van der Waals surface area contributed by atoms with Gasteiger partial charge in [-0.05, 0) is 38.0 Å². The summed E-state index contributed by atoms with van der Waals surface area (Å²) >= 11 is 0. The van der Waals surface area contributed by atoms with E-state index in [-0.39, 0.29) is 6.54 Å². The highest BCUT2D eigenvalue weighted by molar-refractivity contribution is 4.80. The van der Waals surface area contributed by atoms with Crippen molar-refractivity contribution in [2.45, 2.75) is 58.2 Å². The van der Waals surface area contributed by atoms with Crippen LogP contribution in [0.15, 0.2) is 0 Å². The Balaban J connectivity index is 2.25. The van der Waals surface area contributed by atoms with Gasteiger partial charge in [-0.1, -0.05) is 13.8 Å². The minimum atomic E-state index is -0.868. The molecule has 1 saturated carbocycles. The Bertz CT molecular complexity index is 192. The molecule has 3 heteroatoms. The molecule has 1 rings (SSSR count). The number of ether oxygens (including phenoxy) is 1. The zero-order chi connectivity index (χ0) is 11.5. The summed E-state index contributed by atoms with van der Waals surface area (Å²) in [7, 11) is 0. The topological polar surface area (TPSA) is 55.5 Å². The molecule has 1 unspecified atom stereocenters. The molecule has 1 aliphatic carbocycles. The van der Waals surface area contributed by atoms with Gasteiger partial charge >= 0.3 is 0 Å². The van der Waals surface area contributed by atoms with Gasteiger partial charge in [-0.3, -0.25) is 0 Å². The van der Waals surface area contributed by atoms with E-state index in [0.29, 0.717) is 18.1 Å². The molecule has 1 fully saturated rings. The molecule has 3 N–H and O–H groups in total. The summed E-state index contributed by atoms with van der Waals surface area (Å²) in [6.07, 6.45) is 4.95. The lowest BCUT2D eigenvalue weighted by atomic mass is 9.76. The third kappa shape index (κ3) is 4.49. The molecule has 0 saturated heterocycles. The molecule has 0 radical (unpaired) electrons. The van der Waals surface area contributed by atoms with Gasteiger partial charge in [0.2, 0.25) is 0 Å². The molecule has 0 spiro atoms. The molecule has 90 valence electrons. The first-order valence-corrected chi connectivity index (χ1v) is 5.89. The lowest BCUT2D eigenvalue weighted by Crippen LogP contribution is -2.41. The molecule has 15 heavy (non-hydrogen) atoms. The molecule has 0 aromatic heterocycles. The maximum absolute atomic E-state index is 9.71. The zero-order valence-electron chi connectivity index (χ0n) is 10.3. The highest BCUT2D eigenvalue weighted by atomic mass is 16.5. The minimum Gasteiger partial charge on any atom is -0.386 e. The fourth-order valence-electron chi connectivity index (χ4n) is 1.90. The average molecular weight is 215 g/mol.